The molecule has 3 aromatic rings. The molecule has 4 heterocycles. The highest BCUT2D eigenvalue weighted by atomic mass is 32.1. The lowest BCUT2D eigenvalue weighted by atomic mass is 10.1. The van der Waals surface area contributed by atoms with Crippen LogP contribution in [0.25, 0.3) is 16.2 Å². The number of carboxylic acids is 1. The number of carboxylic acid groups (broad SMARTS) is 1. The van der Waals surface area contributed by atoms with Crippen LogP contribution in [0.2, 0.25) is 0 Å². The number of aromatic carboxylic acids is 1. The average molecular weight is 448 g/mol. The van der Waals surface area contributed by atoms with Gasteiger partial charge in [0.05, 0.1) is 24.6 Å². The number of carbonyl (C=O) groups is 1. The van der Waals surface area contributed by atoms with Crippen molar-refractivity contribution in [3.8, 4) is 5.13 Å². The molecule has 0 bridgehead atoms. The van der Waals surface area contributed by atoms with Crippen molar-refractivity contribution in [1.82, 2.24) is 24.4 Å². The van der Waals surface area contributed by atoms with Gasteiger partial charge in [0, 0.05) is 30.8 Å². The topological polar surface area (TPSA) is 163 Å². The molecule has 164 valence electrons. The number of nitrogens with zero attached hydrogens (tertiary/aromatic N) is 5. The molecule has 4 rings (SSSR count). The highest BCUT2D eigenvalue weighted by Gasteiger charge is 2.29. The molecule has 0 radical (unpaired) electrons. The zero-order valence-electron chi connectivity index (χ0n) is 16.4. The number of nitrogens with one attached hydrogen (secondary N) is 1. The zero-order valence-corrected chi connectivity index (χ0v) is 17.2. The van der Waals surface area contributed by atoms with Gasteiger partial charge < -0.3 is 20.2 Å². The predicted molar refractivity (Wildman–Crippen MR) is 111 cm³/mol. The second-order valence-corrected chi connectivity index (χ2v) is 7.89. The summed E-state index contributed by atoms with van der Waals surface area (Å²) in [6.45, 7) is 2.48. The molecule has 1 aliphatic heterocycles. The smallest absolute Gasteiger partial charge is 0.341 e. The number of fused-ring (bicyclic) bond motifs is 1. The fourth-order valence-corrected chi connectivity index (χ4v) is 3.78. The average Bonchev–Trinajstić information content (AvgIpc) is 3.23. The molecule has 4 N–H and O–H groups in total. The Kier molecular flexibility index (Phi) is 5.93. The van der Waals surface area contributed by atoms with E-state index in [1.807, 2.05) is 4.90 Å². The van der Waals surface area contributed by atoms with Crippen LogP contribution < -0.4 is 15.8 Å². The van der Waals surface area contributed by atoms with Crippen molar-refractivity contribution in [3.63, 3.8) is 0 Å². The number of hydrogen-bond acceptors (Lipinski definition) is 11. The van der Waals surface area contributed by atoms with Gasteiger partial charge in [-0.3, -0.25) is 14.2 Å². The molecular weight excluding hydrogens is 428 g/mol. The molecule has 0 spiro atoms. The van der Waals surface area contributed by atoms with Crippen LogP contribution in [-0.4, -0.2) is 78.6 Å². The van der Waals surface area contributed by atoms with E-state index in [0.29, 0.717) is 35.2 Å². The SMILES string of the molecule is Cc1cc(N2CC(NOC[C@H](O)CO)C2)nc2c1c(=O)c(C(=O)O)cn2-c1ncns1. The standard InChI is InChI=1S/C18H20N6O6S/c1-9-2-13(23-3-10(4-23)22-30-7-11(26)6-25)21-16-14(9)15(27)12(17(28)29)5-24(16)18-19-8-20-31-18/h2,5,8,10-11,22,25-26H,3-4,6-7H2,1H3,(H,28,29)/t11-/m1/s1. The number of hydrogen-bond donors (Lipinski definition) is 4. The number of aryl methyl sites for hydroxylation is 1. The molecule has 1 fully saturated rings. The maximum Gasteiger partial charge on any atom is 0.341 e. The third-order valence-electron chi connectivity index (χ3n) is 4.87. The van der Waals surface area contributed by atoms with Gasteiger partial charge in [0.1, 0.15) is 23.8 Å². The monoisotopic (exact) mass is 448 g/mol. The van der Waals surface area contributed by atoms with E-state index in [1.165, 1.54) is 17.1 Å². The summed E-state index contributed by atoms with van der Waals surface area (Å²) in [4.78, 5) is 40.3. The number of hydroxylamine groups is 1. The molecule has 12 nitrogen and oxygen atoms in total. The highest BCUT2D eigenvalue weighted by molar-refractivity contribution is 7.08. The Morgan fingerprint density at radius 1 is 1.45 bits per heavy atom. The Labute approximate surface area is 179 Å². The van der Waals surface area contributed by atoms with Crippen LogP contribution in [0.15, 0.2) is 23.4 Å². The van der Waals surface area contributed by atoms with Crippen molar-refractivity contribution in [2.24, 2.45) is 0 Å². The maximum absolute atomic E-state index is 12.8. The Morgan fingerprint density at radius 3 is 2.87 bits per heavy atom. The lowest BCUT2D eigenvalue weighted by molar-refractivity contribution is -0.0529. The number of rotatable bonds is 8. The summed E-state index contributed by atoms with van der Waals surface area (Å²) in [6, 6.07) is 1.75. The lowest BCUT2D eigenvalue weighted by Crippen LogP contribution is -2.58. The summed E-state index contributed by atoms with van der Waals surface area (Å²) in [5.41, 5.74) is 2.77. The van der Waals surface area contributed by atoms with Crippen LogP contribution in [0, 0.1) is 6.92 Å². The quantitative estimate of drug-likeness (QED) is 0.322. The zero-order chi connectivity index (χ0) is 22.1. The predicted octanol–water partition coefficient (Wildman–Crippen LogP) is -0.693. The molecule has 31 heavy (non-hydrogen) atoms. The van der Waals surface area contributed by atoms with Gasteiger partial charge in [-0.05, 0) is 18.6 Å². The van der Waals surface area contributed by atoms with E-state index < -0.39 is 17.5 Å². The number of aromatic nitrogens is 4. The summed E-state index contributed by atoms with van der Waals surface area (Å²) >= 11 is 1.06. The van der Waals surface area contributed by atoms with Crippen molar-refractivity contribution >= 4 is 34.4 Å². The molecule has 0 saturated carbocycles. The molecule has 1 saturated heterocycles. The number of aliphatic hydroxyl groups excluding tert-OH is 2. The maximum atomic E-state index is 12.8. The molecular formula is C18H20N6O6S. The fourth-order valence-electron chi connectivity index (χ4n) is 3.27. The molecule has 0 amide bonds. The molecule has 1 atom stereocenters. The first-order valence-corrected chi connectivity index (χ1v) is 10.1. The van der Waals surface area contributed by atoms with Crippen LogP contribution in [0.4, 0.5) is 5.82 Å². The van der Waals surface area contributed by atoms with E-state index in [1.54, 1.807) is 13.0 Å². The first kappa shape index (κ1) is 21.3. The fraction of sp³-hybridized carbons (Fsp3) is 0.389. The first-order valence-electron chi connectivity index (χ1n) is 9.37. The van der Waals surface area contributed by atoms with E-state index in [4.69, 9.17) is 9.94 Å². The van der Waals surface area contributed by atoms with Crippen molar-refractivity contribution in [3.05, 3.63) is 39.9 Å². The molecule has 1 aliphatic rings. The number of pyridine rings is 2. The summed E-state index contributed by atoms with van der Waals surface area (Å²) < 4.78 is 5.43. The van der Waals surface area contributed by atoms with E-state index in [-0.39, 0.29) is 30.2 Å². The molecule has 0 unspecified atom stereocenters. The van der Waals surface area contributed by atoms with E-state index in [9.17, 15) is 19.8 Å². The van der Waals surface area contributed by atoms with E-state index in [2.05, 4.69) is 19.8 Å². The van der Waals surface area contributed by atoms with Crippen molar-refractivity contribution in [2.75, 3.05) is 31.2 Å². The minimum atomic E-state index is -1.32. The minimum absolute atomic E-state index is 0.00318. The largest absolute Gasteiger partial charge is 0.477 e. The lowest BCUT2D eigenvalue weighted by Gasteiger charge is -2.40. The van der Waals surface area contributed by atoms with Gasteiger partial charge in [-0.2, -0.15) is 9.85 Å². The molecule has 13 heteroatoms. The number of aliphatic hydroxyl groups is 2. The Bertz CT molecular complexity index is 1160. The normalized spacial score (nSPS) is 15.3. The van der Waals surface area contributed by atoms with Crippen LogP contribution in [0.3, 0.4) is 0 Å². The van der Waals surface area contributed by atoms with Crippen LogP contribution in [-0.2, 0) is 4.84 Å². The molecule has 0 aromatic carbocycles. The van der Waals surface area contributed by atoms with Gasteiger partial charge in [-0.1, -0.05) is 0 Å². The van der Waals surface area contributed by atoms with Crippen molar-refractivity contribution < 1.29 is 25.0 Å². The van der Waals surface area contributed by atoms with Gasteiger partial charge in [0.2, 0.25) is 10.6 Å². The van der Waals surface area contributed by atoms with E-state index >= 15 is 0 Å². The van der Waals surface area contributed by atoms with Gasteiger partial charge in [-0.25, -0.2) is 14.8 Å². The summed E-state index contributed by atoms with van der Waals surface area (Å²) in [5, 5.41) is 28.2. The Hall–Kier alpha value is -2.97. The van der Waals surface area contributed by atoms with E-state index in [0.717, 1.165) is 11.5 Å². The van der Waals surface area contributed by atoms with Crippen molar-refractivity contribution in [1.29, 1.82) is 0 Å². The van der Waals surface area contributed by atoms with Gasteiger partial charge in [0.15, 0.2) is 5.65 Å². The number of anilines is 1. The van der Waals surface area contributed by atoms with Crippen LogP contribution in [0.5, 0.6) is 0 Å². The van der Waals surface area contributed by atoms with Gasteiger partial charge in [-0.15, -0.1) is 0 Å². The second-order valence-electron chi connectivity index (χ2n) is 7.13. The third-order valence-corrected chi connectivity index (χ3v) is 5.54. The van der Waals surface area contributed by atoms with Crippen LogP contribution >= 0.6 is 11.5 Å². The summed E-state index contributed by atoms with van der Waals surface area (Å²) in [7, 11) is 0. The molecule has 0 aliphatic carbocycles. The summed E-state index contributed by atoms with van der Waals surface area (Å²) in [5.74, 6) is -0.698. The second kappa shape index (κ2) is 8.64. The highest BCUT2D eigenvalue weighted by Crippen LogP contribution is 2.26. The van der Waals surface area contributed by atoms with Gasteiger partial charge >= 0.3 is 5.97 Å². The first-order chi connectivity index (χ1) is 14.9. The third kappa shape index (κ3) is 4.13. The van der Waals surface area contributed by atoms with Crippen LogP contribution in [0.1, 0.15) is 15.9 Å². The van der Waals surface area contributed by atoms with Gasteiger partial charge in [0.25, 0.3) is 0 Å². The molecule has 3 aromatic heterocycles. The Balaban J connectivity index is 1.64. The Morgan fingerprint density at radius 2 is 2.23 bits per heavy atom. The minimum Gasteiger partial charge on any atom is -0.477 e. The van der Waals surface area contributed by atoms with Crippen molar-refractivity contribution in [2.45, 2.75) is 19.1 Å². The summed E-state index contributed by atoms with van der Waals surface area (Å²) in [6.07, 6.45) is 1.63.